The van der Waals surface area contributed by atoms with Gasteiger partial charge >= 0.3 is 0 Å². The van der Waals surface area contributed by atoms with Crippen LogP contribution in [0, 0.1) is 0 Å². The molecule has 0 atom stereocenters. The van der Waals surface area contributed by atoms with E-state index in [1.54, 1.807) is 30.7 Å². The molecule has 3 aliphatic rings. The average Bonchev–Trinajstić information content (AvgIpc) is 2.89. The first-order valence-corrected chi connectivity index (χ1v) is 14.9. The number of fused-ring (bicyclic) bond motifs is 1. The second kappa shape index (κ2) is 10.9. The molecule has 3 aromatic heterocycles. The molecule has 0 unspecified atom stereocenters. The van der Waals surface area contributed by atoms with Crippen LogP contribution in [0.5, 0.6) is 5.88 Å². The molecule has 1 saturated heterocycles. The summed E-state index contributed by atoms with van der Waals surface area (Å²) in [6.07, 6.45) is 10.9. The Hall–Kier alpha value is -3.25. The first-order valence-electron chi connectivity index (χ1n) is 13.4. The molecule has 0 amide bonds. The first-order chi connectivity index (χ1) is 18.5. The summed E-state index contributed by atoms with van der Waals surface area (Å²) in [6, 6.07) is 5.83. The van der Waals surface area contributed by atoms with Crippen molar-refractivity contribution in [2.24, 2.45) is 0 Å². The molecule has 6 rings (SSSR count). The smallest absolute Gasteiger partial charge is 0.235 e. The molecule has 0 spiro atoms. The molecule has 202 valence electrons. The molecule has 3 fully saturated rings. The maximum Gasteiger partial charge on any atom is 0.235 e. The molecule has 2 saturated carbocycles. The summed E-state index contributed by atoms with van der Waals surface area (Å²) in [5.41, 5.74) is 1.16. The fourth-order valence-electron chi connectivity index (χ4n) is 5.15. The zero-order valence-corrected chi connectivity index (χ0v) is 22.1. The minimum Gasteiger partial charge on any atom is -0.474 e. The molecular weight excluding hydrogens is 506 g/mol. The van der Waals surface area contributed by atoms with Gasteiger partial charge in [0, 0.05) is 37.6 Å². The summed E-state index contributed by atoms with van der Waals surface area (Å²) < 4.78 is 40.2. The van der Waals surface area contributed by atoms with Crippen LogP contribution in [0.3, 0.4) is 0 Å². The summed E-state index contributed by atoms with van der Waals surface area (Å²) in [5.74, 6) is 1.93. The quantitative estimate of drug-likeness (QED) is 0.439. The van der Waals surface area contributed by atoms with Crippen molar-refractivity contribution < 1.29 is 17.9 Å². The number of hydrogen-bond donors (Lipinski definition) is 2. The van der Waals surface area contributed by atoms with E-state index in [9.17, 15) is 8.42 Å². The number of nitrogens with zero attached hydrogens (tertiary/aromatic N) is 5. The van der Waals surface area contributed by atoms with Crippen molar-refractivity contribution in [1.29, 1.82) is 0 Å². The summed E-state index contributed by atoms with van der Waals surface area (Å²) in [6.45, 7) is 2.78. The van der Waals surface area contributed by atoms with Gasteiger partial charge in [-0.25, -0.2) is 18.4 Å². The normalized spacial score (nSPS) is 22.6. The fraction of sp³-hybridized carbons (Fsp3) is 0.538. The van der Waals surface area contributed by atoms with Gasteiger partial charge in [0.05, 0.1) is 41.3 Å². The number of rotatable bonds is 8. The Kier molecular flexibility index (Phi) is 7.16. The van der Waals surface area contributed by atoms with E-state index < -0.39 is 10.0 Å². The highest BCUT2D eigenvalue weighted by atomic mass is 32.2. The number of aromatic nitrogens is 4. The third-order valence-electron chi connectivity index (χ3n) is 7.57. The van der Waals surface area contributed by atoms with E-state index in [0.29, 0.717) is 49.0 Å². The molecule has 38 heavy (non-hydrogen) atoms. The predicted molar refractivity (Wildman–Crippen MR) is 145 cm³/mol. The van der Waals surface area contributed by atoms with Crippen molar-refractivity contribution in [2.75, 3.05) is 41.2 Å². The molecular formula is C26H33N7O4S. The van der Waals surface area contributed by atoms with Gasteiger partial charge in [-0.3, -0.25) is 9.71 Å². The zero-order valence-electron chi connectivity index (χ0n) is 21.3. The van der Waals surface area contributed by atoms with Crippen LogP contribution >= 0.6 is 0 Å². The summed E-state index contributed by atoms with van der Waals surface area (Å²) >= 11 is 0. The number of ether oxygens (including phenoxy) is 2. The van der Waals surface area contributed by atoms with E-state index in [0.717, 1.165) is 56.5 Å². The Bertz CT molecular complexity index is 1360. The summed E-state index contributed by atoms with van der Waals surface area (Å²) in [4.78, 5) is 20.2. The van der Waals surface area contributed by atoms with E-state index in [4.69, 9.17) is 14.5 Å². The predicted octanol–water partition coefficient (Wildman–Crippen LogP) is 3.35. The Balaban J connectivity index is 1.23. The van der Waals surface area contributed by atoms with Crippen molar-refractivity contribution in [1.82, 2.24) is 19.9 Å². The minimum atomic E-state index is -3.43. The lowest BCUT2D eigenvalue weighted by atomic mass is 9.93. The van der Waals surface area contributed by atoms with E-state index in [1.807, 2.05) is 6.07 Å². The van der Waals surface area contributed by atoms with Crippen LogP contribution in [0.4, 0.5) is 17.5 Å². The highest BCUT2D eigenvalue weighted by Crippen LogP contribution is 2.34. The van der Waals surface area contributed by atoms with Gasteiger partial charge in [0.15, 0.2) is 0 Å². The number of sulfonamides is 1. The maximum absolute atomic E-state index is 12.7. The fourth-order valence-corrected chi connectivity index (χ4v) is 6.71. The van der Waals surface area contributed by atoms with Gasteiger partial charge in [0.2, 0.25) is 21.9 Å². The molecule has 4 heterocycles. The number of pyridine rings is 2. The van der Waals surface area contributed by atoms with E-state index in [-0.39, 0.29) is 17.4 Å². The van der Waals surface area contributed by atoms with Crippen LogP contribution < -0.4 is 19.7 Å². The van der Waals surface area contributed by atoms with E-state index in [1.165, 1.54) is 0 Å². The maximum atomic E-state index is 12.7. The van der Waals surface area contributed by atoms with Crippen LogP contribution in [0.2, 0.25) is 0 Å². The Morgan fingerprint density at radius 1 is 0.974 bits per heavy atom. The van der Waals surface area contributed by atoms with Gasteiger partial charge in [-0.2, -0.15) is 4.98 Å². The molecule has 1 aliphatic heterocycles. The van der Waals surface area contributed by atoms with Crippen LogP contribution in [-0.4, -0.2) is 72.1 Å². The van der Waals surface area contributed by atoms with E-state index >= 15 is 0 Å². The van der Waals surface area contributed by atoms with Crippen LogP contribution in [0.25, 0.3) is 10.9 Å². The van der Waals surface area contributed by atoms with Crippen LogP contribution in [0.15, 0.2) is 36.8 Å². The number of nitrogens with one attached hydrogen (secondary N) is 2. The molecule has 11 nitrogen and oxygen atoms in total. The number of hydrogen-bond acceptors (Lipinski definition) is 10. The highest BCUT2D eigenvalue weighted by Gasteiger charge is 2.31. The summed E-state index contributed by atoms with van der Waals surface area (Å²) in [5, 5.41) is 3.78. The van der Waals surface area contributed by atoms with E-state index in [2.05, 4.69) is 29.9 Å². The van der Waals surface area contributed by atoms with Gasteiger partial charge < -0.3 is 19.7 Å². The Morgan fingerprint density at radius 2 is 1.74 bits per heavy atom. The summed E-state index contributed by atoms with van der Waals surface area (Å²) in [7, 11) is -3.43. The minimum absolute atomic E-state index is 0.00398. The number of anilines is 3. The van der Waals surface area contributed by atoms with Crippen molar-refractivity contribution in [3.05, 3.63) is 36.8 Å². The SMILES string of the molecule is O=S(=O)(Nc1cnc2cc(N3CCOCC3)nc(OC3CCC(Nc4ncccn4)CC3)c2c1)C1CCC1. The van der Waals surface area contributed by atoms with Crippen molar-refractivity contribution in [3.8, 4) is 5.88 Å². The standard InChI is InChI=1S/C26H33N7O4S/c34-38(35,21-3-1-4-21)32-19-15-22-23(29-17-19)16-24(33-11-13-36-14-12-33)31-25(22)37-20-7-5-18(6-8-20)30-26-27-9-2-10-28-26/h2,9-10,15-18,20-21,32H,1,3-8,11-14H2,(H,27,28,30). The van der Waals surface area contributed by atoms with Gasteiger partial charge in [-0.05, 0) is 50.7 Å². The topological polar surface area (TPSA) is 131 Å². The van der Waals surface area contributed by atoms with Crippen molar-refractivity contribution in [3.63, 3.8) is 0 Å². The van der Waals surface area contributed by atoms with Gasteiger partial charge in [-0.1, -0.05) is 6.42 Å². The van der Waals surface area contributed by atoms with Crippen molar-refractivity contribution >= 4 is 38.4 Å². The van der Waals surface area contributed by atoms with Gasteiger partial charge in [0.1, 0.15) is 11.9 Å². The largest absolute Gasteiger partial charge is 0.474 e. The lowest BCUT2D eigenvalue weighted by Crippen LogP contribution is -2.37. The molecule has 0 aromatic carbocycles. The molecule has 2 aliphatic carbocycles. The highest BCUT2D eigenvalue weighted by molar-refractivity contribution is 7.93. The zero-order chi connectivity index (χ0) is 26.0. The lowest BCUT2D eigenvalue weighted by molar-refractivity contribution is 0.122. The average molecular weight is 540 g/mol. The molecule has 0 radical (unpaired) electrons. The monoisotopic (exact) mass is 539 g/mol. The molecule has 2 N–H and O–H groups in total. The van der Waals surface area contributed by atoms with Crippen molar-refractivity contribution in [2.45, 2.75) is 62.3 Å². The third kappa shape index (κ3) is 5.60. The number of morpholine rings is 1. The van der Waals surface area contributed by atoms with Gasteiger partial charge in [-0.15, -0.1) is 0 Å². The molecule has 3 aromatic rings. The van der Waals surface area contributed by atoms with Gasteiger partial charge in [0.25, 0.3) is 0 Å². The Labute approximate surface area is 222 Å². The molecule has 12 heteroatoms. The second-order valence-electron chi connectivity index (χ2n) is 10.2. The second-order valence-corrected chi connectivity index (χ2v) is 12.1. The third-order valence-corrected chi connectivity index (χ3v) is 9.44. The lowest BCUT2D eigenvalue weighted by Gasteiger charge is -2.31. The first kappa shape index (κ1) is 25.1. The molecule has 0 bridgehead atoms. The Morgan fingerprint density at radius 3 is 2.45 bits per heavy atom. The van der Waals surface area contributed by atoms with Crippen LogP contribution in [-0.2, 0) is 14.8 Å². The van der Waals surface area contributed by atoms with Crippen LogP contribution in [0.1, 0.15) is 44.9 Å².